The molecule has 0 saturated heterocycles. The summed E-state index contributed by atoms with van der Waals surface area (Å²) in [6, 6.07) is 5.75. The molecule has 0 aliphatic carbocycles. The summed E-state index contributed by atoms with van der Waals surface area (Å²) in [6.07, 6.45) is 1.74. The molecule has 2 nitrogen and oxygen atoms in total. The van der Waals surface area contributed by atoms with Crippen molar-refractivity contribution in [2.24, 2.45) is 0 Å². The Hall–Kier alpha value is -1.09. The van der Waals surface area contributed by atoms with E-state index in [0.29, 0.717) is 13.1 Å². The third-order valence-electron chi connectivity index (χ3n) is 2.45. The van der Waals surface area contributed by atoms with Crippen LogP contribution in [-0.2, 0) is 0 Å². The van der Waals surface area contributed by atoms with Gasteiger partial charge in [-0.25, -0.2) is 0 Å². The first kappa shape index (κ1) is 13.0. The number of nitrogens with zero attached hydrogens (tertiary/aromatic N) is 1. The Kier molecular flexibility index (Phi) is 4.74. The van der Waals surface area contributed by atoms with E-state index in [4.69, 9.17) is 0 Å². The highest BCUT2D eigenvalue weighted by Gasteiger charge is 2.15. The molecule has 0 aliphatic rings. The summed E-state index contributed by atoms with van der Waals surface area (Å²) in [6.45, 7) is 8.85. The van der Waals surface area contributed by atoms with E-state index in [1.54, 1.807) is 11.0 Å². The third-order valence-corrected chi connectivity index (χ3v) is 2.94. The van der Waals surface area contributed by atoms with Crippen molar-refractivity contribution in [1.29, 1.82) is 0 Å². The van der Waals surface area contributed by atoms with Crippen LogP contribution in [0.2, 0.25) is 0 Å². The molecule has 0 fully saturated rings. The fourth-order valence-electron chi connectivity index (χ4n) is 1.51. The van der Waals surface area contributed by atoms with Crippen molar-refractivity contribution in [2.45, 2.75) is 13.8 Å². The predicted molar refractivity (Wildman–Crippen MR) is 70.7 cm³/mol. The highest BCUT2D eigenvalue weighted by Crippen LogP contribution is 2.17. The second-order valence-corrected chi connectivity index (χ2v) is 4.51. The zero-order valence-corrected chi connectivity index (χ0v) is 11.3. The van der Waals surface area contributed by atoms with Gasteiger partial charge in [-0.15, -0.1) is 6.58 Å². The van der Waals surface area contributed by atoms with Crippen LogP contribution in [0.25, 0.3) is 0 Å². The maximum Gasteiger partial charge on any atom is 0.254 e. The van der Waals surface area contributed by atoms with Crippen LogP contribution in [0.4, 0.5) is 0 Å². The molecule has 0 unspecified atom stereocenters. The minimum Gasteiger partial charge on any atom is -0.335 e. The van der Waals surface area contributed by atoms with E-state index in [1.807, 2.05) is 32.0 Å². The molecule has 86 valence electrons. The van der Waals surface area contributed by atoms with Gasteiger partial charge in [0, 0.05) is 23.1 Å². The van der Waals surface area contributed by atoms with Gasteiger partial charge in [-0.05, 0) is 31.5 Å². The van der Waals surface area contributed by atoms with E-state index in [1.165, 1.54) is 0 Å². The van der Waals surface area contributed by atoms with Crippen molar-refractivity contribution in [3.8, 4) is 0 Å². The Balaban J connectivity index is 3.02. The van der Waals surface area contributed by atoms with E-state index < -0.39 is 0 Å². The number of hydrogen-bond donors (Lipinski definition) is 0. The molecule has 0 saturated carbocycles. The minimum absolute atomic E-state index is 0.0567. The Morgan fingerprint density at radius 3 is 2.81 bits per heavy atom. The highest BCUT2D eigenvalue weighted by molar-refractivity contribution is 9.10. The van der Waals surface area contributed by atoms with Crippen LogP contribution < -0.4 is 0 Å². The Labute approximate surface area is 105 Å². The summed E-state index contributed by atoms with van der Waals surface area (Å²) in [5.74, 6) is 0.0567. The summed E-state index contributed by atoms with van der Waals surface area (Å²) in [5, 5.41) is 0. The number of halogens is 1. The SMILES string of the molecule is C=CCN(CC)C(=O)c1cc(Br)ccc1C. The fraction of sp³-hybridized carbons (Fsp3) is 0.308. The molecule has 0 spiro atoms. The number of amides is 1. The summed E-state index contributed by atoms with van der Waals surface area (Å²) < 4.78 is 0.927. The summed E-state index contributed by atoms with van der Waals surface area (Å²) >= 11 is 3.38. The van der Waals surface area contributed by atoms with Gasteiger partial charge in [0.05, 0.1) is 0 Å². The molecule has 16 heavy (non-hydrogen) atoms. The van der Waals surface area contributed by atoms with Gasteiger partial charge in [-0.1, -0.05) is 28.1 Å². The lowest BCUT2D eigenvalue weighted by atomic mass is 10.1. The van der Waals surface area contributed by atoms with Crippen LogP contribution in [0.1, 0.15) is 22.8 Å². The first-order valence-corrected chi connectivity index (χ1v) is 6.05. The lowest BCUT2D eigenvalue weighted by Gasteiger charge is -2.20. The molecular weight excluding hydrogens is 266 g/mol. The summed E-state index contributed by atoms with van der Waals surface area (Å²) in [4.78, 5) is 14.0. The Morgan fingerprint density at radius 1 is 1.56 bits per heavy atom. The predicted octanol–water partition coefficient (Wildman–Crippen LogP) is 3.41. The van der Waals surface area contributed by atoms with Crippen LogP contribution in [-0.4, -0.2) is 23.9 Å². The van der Waals surface area contributed by atoms with Gasteiger partial charge in [0.1, 0.15) is 0 Å². The second kappa shape index (κ2) is 5.85. The molecule has 1 aromatic rings. The standard InChI is InChI=1S/C13H16BrNO/c1-4-8-15(5-2)13(16)12-9-11(14)7-6-10(12)3/h4,6-7,9H,1,5,8H2,2-3H3. The molecular formula is C13H16BrNO. The third kappa shape index (κ3) is 2.95. The van der Waals surface area contributed by atoms with Gasteiger partial charge in [0.15, 0.2) is 0 Å². The number of likely N-dealkylation sites (N-methyl/N-ethyl adjacent to an activating group) is 1. The monoisotopic (exact) mass is 281 g/mol. The minimum atomic E-state index is 0.0567. The zero-order valence-electron chi connectivity index (χ0n) is 9.66. The summed E-state index contributed by atoms with van der Waals surface area (Å²) in [5.41, 5.74) is 1.74. The topological polar surface area (TPSA) is 20.3 Å². The molecule has 0 atom stereocenters. The number of carbonyl (C=O) groups is 1. The van der Waals surface area contributed by atoms with Crippen molar-refractivity contribution in [1.82, 2.24) is 4.90 Å². The molecule has 3 heteroatoms. The van der Waals surface area contributed by atoms with Crippen molar-refractivity contribution >= 4 is 21.8 Å². The Morgan fingerprint density at radius 2 is 2.25 bits per heavy atom. The second-order valence-electron chi connectivity index (χ2n) is 3.59. The first-order valence-electron chi connectivity index (χ1n) is 5.26. The maximum absolute atomic E-state index is 12.2. The first-order chi connectivity index (χ1) is 7.60. The lowest BCUT2D eigenvalue weighted by molar-refractivity contribution is 0.0781. The number of aryl methyl sites for hydroxylation is 1. The normalized spacial score (nSPS) is 9.94. The van der Waals surface area contributed by atoms with Crippen molar-refractivity contribution in [3.05, 3.63) is 46.5 Å². The largest absolute Gasteiger partial charge is 0.335 e. The van der Waals surface area contributed by atoms with E-state index in [9.17, 15) is 4.79 Å². The number of hydrogen-bond acceptors (Lipinski definition) is 1. The van der Waals surface area contributed by atoms with Crippen molar-refractivity contribution in [3.63, 3.8) is 0 Å². The lowest BCUT2D eigenvalue weighted by Crippen LogP contribution is -2.31. The van der Waals surface area contributed by atoms with Gasteiger partial charge in [-0.3, -0.25) is 4.79 Å². The molecule has 0 N–H and O–H groups in total. The molecule has 0 bridgehead atoms. The average Bonchev–Trinajstić information content (AvgIpc) is 2.28. The molecule has 1 rings (SSSR count). The van der Waals surface area contributed by atoms with Gasteiger partial charge >= 0.3 is 0 Å². The Bertz CT molecular complexity index is 401. The maximum atomic E-state index is 12.2. The molecule has 0 aliphatic heterocycles. The smallest absolute Gasteiger partial charge is 0.254 e. The fourth-order valence-corrected chi connectivity index (χ4v) is 1.87. The quantitative estimate of drug-likeness (QED) is 0.775. The van der Waals surface area contributed by atoms with Crippen LogP contribution in [0.15, 0.2) is 35.3 Å². The van der Waals surface area contributed by atoms with E-state index in [2.05, 4.69) is 22.5 Å². The van der Waals surface area contributed by atoms with Gasteiger partial charge in [0.25, 0.3) is 5.91 Å². The molecule has 1 aromatic carbocycles. The summed E-state index contributed by atoms with van der Waals surface area (Å²) in [7, 11) is 0. The van der Waals surface area contributed by atoms with Crippen molar-refractivity contribution < 1.29 is 4.79 Å². The van der Waals surface area contributed by atoms with Gasteiger partial charge in [-0.2, -0.15) is 0 Å². The number of benzene rings is 1. The van der Waals surface area contributed by atoms with Crippen LogP contribution >= 0.6 is 15.9 Å². The van der Waals surface area contributed by atoms with Crippen molar-refractivity contribution in [2.75, 3.05) is 13.1 Å². The number of carbonyl (C=O) groups excluding carboxylic acids is 1. The highest BCUT2D eigenvalue weighted by atomic mass is 79.9. The van der Waals surface area contributed by atoms with Gasteiger partial charge in [0.2, 0.25) is 0 Å². The van der Waals surface area contributed by atoms with Crippen LogP contribution in [0, 0.1) is 6.92 Å². The van der Waals surface area contributed by atoms with E-state index >= 15 is 0 Å². The molecule has 1 amide bonds. The van der Waals surface area contributed by atoms with Gasteiger partial charge < -0.3 is 4.90 Å². The molecule has 0 radical (unpaired) electrons. The molecule has 0 aromatic heterocycles. The van der Waals surface area contributed by atoms with Crippen LogP contribution in [0.3, 0.4) is 0 Å². The van der Waals surface area contributed by atoms with E-state index in [0.717, 1.165) is 15.6 Å². The average molecular weight is 282 g/mol. The molecule has 0 heterocycles. The zero-order chi connectivity index (χ0) is 12.1. The van der Waals surface area contributed by atoms with Crippen LogP contribution in [0.5, 0.6) is 0 Å². The number of rotatable bonds is 4. The van der Waals surface area contributed by atoms with E-state index in [-0.39, 0.29) is 5.91 Å².